The zero-order valence-corrected chi connectivity index (χ0v) is 22.0. The molecule has 4 aromatic carbocycles. The van der Waals surface area contributed by atoms with E-state index in [1.165, 1.54) is 11.1 Å². The largest absolute Gasteiger partial charge is 2.00 e. The first-order valence-electron chi connectivity index (χ1n) is 11.7. The van der Waals surface area contributed by atoms with E-state index in [4.69, 9.17) is 0 Å². The predicted octanol–water partition coefficient (Wildman–Crippen LogP) is 4.84. The number of carbonyl (C=O) groups is 1. The molecule has 0 saturated carbocycles. The van der Waals surface area contributed by atoms with Crippen LogP contribution in [0, 0.1) is 5.92 Å². The van der Waals surface area contributed by atoms with Gasteiger partial charge >= 0.3 is 34.1 Å². The molecule has 0 spiro atoms. The summed E-state index contributed by atoms with van der Waals surface area (Å²) in [5, 5.41) is 12.6. The normalized spacial score (nSPS) is 12.9. The Morgan fingerprint density at radius 2 is 1.34 bits per heavy atom. The van der Waals surface area contributed by atoms with Crippen LogP contribution in [0.5, 0.6) is 0 Å². The molecule has 188 valence electrons. The third-order valence-electron chi connectivity index (χ3n) is 5.84. The fourth-order valence-corrected chi connectivity index (χ4v) is 3.90. The van der Waals surface area contributed by atoms with Crippen molar-refractivity contribution < 1.29 is 44.0 Å². The fourth-order valence-electron chi connectivity index (χ4n) is 3.90. The molecule has 1 saturated heterocycles. The van der Waals surface area contributed by atoms with E-state index in [0.29, 0.717) is 12.5 Å². The van der Waals surface area contributed by atoms with Crippen molar-refractivity contribution in [3.8, 4) is 0 Å². The van der Waals surface area contributed by atoms with Crippen molar-refractivity contribution in [2.45, 2.75) is 18.9 Å². The van der Waals surface area contributed by atoms with Crippen LogP contribution in [0.15, 0.2) is 109 Å². The summed E-state index contributed by atoms with van der Waals surface area (Å²) >= 11 is 0. The van der Waals surface area contributed by atoms with Crippen molar-refractivity contribution in [2.75, 3.05) is 26.2 Å². The van der Waals surface area contributed by atoms with Crippen molar-refractivity contribution in [3.63, 3.8) is 0 Å². The van der Waals surface area contributed by atoms with Gasteiger partial charge in [-0.15, -0.1) is 11.1 Å². The molecule has 1 heterocycles. The summed E-state index contributed by atoms with van der Waals surface area (Å²) in [5.74, 6) is 0.498. The van der Waals surface area contributed by atoms with Gasteiger partial charge in [0.15, 0.2) is 0 Å². The Bertz CT molecular complexity index is 846. The van der Waals surface area contributed by atoms with Gasteiger partial charge in [0.25, 0.3) is 0 Å². The first-order valence-corrected chi connectivity index (χ1v) is 11.7. The number of carbonyl (C=O) groups excluding carboxylic acids is 1. The van der Waals surface area contributed by atoms with E-state index in [0.717, 1.165) is 25.9 Å². The first kappa shape index (κ1) is 30.9. The number of nitrogens with one attached hydrogen (secondary N) is 1. The number of piperidine rings is 1. The Labute approximate surface area is 230 Å². The van der Waals surface area contributed by atoms with Crippen LogP contribution in [0.2, 0.25) is 0 Å². The molecule has 1 amide bonds. The molecule has 0 aromatic heterocycles. The minimum atomic E-state index is 0. The zero-order chi connectivity index (χ0) is 23.1. The first-order chi connectivity index (χ1) is 16.3. The quantitative estimate of drug-likeness (QED) is 0.265. The predicted molar refractivity (Wildman–Crippen MR) is 134 cm³/mol. The molecule has 2 N–H and O–H groups in total. The van der Waals surface area contributed by atoms with Crippen LogP contribution in [0.1, 0.15) is 30.0 Å². The second-order valence-electron chi connectivity index (χ2n) is 8.18. The van der Waals surface area contributed by atoms with Crippen LogP contribution in [-0.4, -0.2) is 42.2 Å². The summed E-state index contributed by atoms with van der Waals surface area (Å²) in [5.41, 5.74) is 2.37. The summed E-state index contributed by atoms with van der Waals surface area (Å²) in [7, 11) is 0. The van der Waals surface area contributed by atoms with E-state index in [1.54, 1.807) is 0 Å². The molecule has 5 rings (SSSR count). The third-order valence-corrected chi connectivity index (χ3v) is 5.84. The molecular weight excluding hydrogens is 520 g/mol. The molecule has 1 aliphatic rings. The molecule has 1 aliphatic heterocycles. The number of hydrogen-bond acceptors (Lipinski definition) is 3. The van der Waals surface area contributed by atoms with E-state index >= 15 is 0 Å². The van der Waals surface area contributed by atoms with Gasteiger partial charge in [-0.2, -0.15) is 60.7 Å². The molecule has 0 unspecified atom stereocenters. The number of aliphatic hydroxyl groups is 1. The summed E-state index contributed by atoms with van der Waals surface area (Å²) in [6.45, 7) is 2.08. The van der Waals surface area contributed by atoms with Crippen LogP contribution in [-0.2, 0) is 38.9 Å². The molecule has 4 nitrogen and oxygen atoms in total. The maximum Gasteiger partial charge on any atom is 2.00 e. The number of nitrogens with zero attached hydrogens (tertiary/aromatic N) is 1. The Morgan fingerprint density at radius 3 is 1.69 bits per heavy atom. The molecule has 35 heavy (non-hydrogen) atoms. The molecule has 0 atom stereocenters. The van der Waals surface area contributed by atoms with E-state index in [2.05, 4.69) is 29.6 Å². The molecule has 0 bridgehead atoms. The van der Waals surface area contributed by atoms with Crippen molar-refractivity contribution in [1.82, 2.24) is 10.2 Å². The Kier molecular flexibility index (Phi) is 16.0. The van der Waals surface area contributed by atoms with Gasteiger partial charge < -0.3 is 15.3 Å². The smallest absolute Gasteiger partial charge is 0.396 e. The monoisotopic (exact) mass is 554 g/mol. The number of hydrogen-bond donors (Lipinski definition) is 2. The van der Waals surface area contributed by atoms with Gasteiger partial charge in [-0.05, 0) is 18.8 Å². The summed E-state index contributed by atoms with van der Waals surface area (Å²) in [6.07, 6.45) is 1.80. The average Bonchev–Trinajstić information content (AvgIpc) is 3.70. The van der Waals surface area contributed by atoms with Crippen molar-refractivity contribution in [1.29, 1.82) is 0 Å². The molecule has 0 aliphatic carbocycles. The summed E-state index contributed by atoms with van der Waals surface area (Å²) in [6, 6.07) is 36.5. The number of likely N-dealkylation sites (tertiary alicyclic amines) is 1. The molecule has 6 heteroatoms. The maximum atomic E-state index is 12.4. The van der Waals surface area contributed by atoms with E-state index in [9.17, 15) is 9.90 Å². The average molecular weight is 554 g/mol. The fraction of sp³-hybridized carbons (Fsp3) is 0.276. The van der Waals surface area contributed by atoms with E-state index in [1.807, 2.05) is 89.8 Å². The minimum absolute atomic E-state index is 0. The van der Waals surface area contributed by atoms with Gasteiger partial charge in [0.1, 0.15) is 0 Å². The zero-order valence-electron chi connectivity index (χ0n) is 19.8. The van der Waals surface area contributed by atoms with Crippen LogP contribution >= 0.6 is 0 Å². The van der Waals surface area contributed by atoms with Crippen LogP contribution in [0.4, 0.5) is 0 Å². The number of amides is 1. The molecule has 0 radical (unpaired) electrons. The van der Waals surface area contributed by atoms with Crippen LogP contribution in [0.25, 0.3) is 0 Å². The van der Waals surface area contributed by atoms with Gasteiger partial charge in [-0.1, -0.05) is 0 Å². The van der Waals surface area contributed by atoms with Gasteiger partial charge in [0, 0.05) is 25.7 Å². The SMILES string of the molecule is O=C(CNC(c1ccc[cH-]1)c1ccc[cH-]1)N1CCC(CO)CC1.[Fe+2].[Fe+2].c1cc[cH-]c1.c1cc[cH-]c1. The Morgan fingerprint density at radius 1 is 0.857 bits per heavy atom. The molecule has 4 aromatic rings. The van der Waals surface area contributed by atoms with Crippen molar-refractivity contribution in [3.05, 3.63) is 120 Å². The van der Waals surface area contributed by atoms with E-state index in [-0.39, 0.29) is 52.7 Å². The number of rotatable bonds is 6. The van der Waals surface area contributed by atoms with Gasteiger partial charge in [-0.3, -0.25) is 4.79 Å². The standard InChI is InChI=1S/C19H24N2O2.2C5H5.2Fe/c22-14-15-9-11-21(12-10-15)18(23)13-20-19(16-5-1-2-6-16)17-7-3-4-8-17;2*1-2-4-5-3-1;;/h1-8,15,19-20,22H,9-14H2;2*1-5H;;/q-2;2*-1;2*+2. The van der Waals surface area contributed by atoms with Gasteiger partial charge in [-0.25, -0.2) is 48.5 Å². The van der Waals surface area contributed by atoms with Crippen LogP contribution < -0.4 is 5.32 Å². The topological polar surface area (TPSA) is 52.6 Å². The van der Waals surface area contributed by atoms with E-state index < -0.39 is 0 Å². The second-order valence-corrected chi connectivity index (χ2v) is 8.18. The molecular formula is C29H34Fe2N2O2. The third kappa shape index (κ3) is 11.0. The van der Waals surface area contributed by atoms with Crippen LogP contribution in [0.3, 0.4) is 0 Å². The Hall–Kier alpha value is -2.17. The second kappa shape index (κ2) is 18.1. The van der Waals surface area contributed by atoms with Gasteiger partial charge in [0.05, 0.1) is 6.54 Å². The number of aliphatic hydroxyl groups excluding tert-OH is 1. The van der Waals surface area contributed by atoms with Gasteiger partial charge in [0.2, 0.25) is 5.91 Å². The summed E-state index contributed by atoms with van der Waals surface area (Å²) < 4.78 is 0. The summed E-state index contributed by atoms with van der Waals surface area (Å²) in [4.78, 5) is 14.3. The van der Waals surface area contributed by atoms with Crippen molar-refractivity contribution in [2.24, 2.45) is 5.92 Å². The minimum Gasteiger partial charge on any atom is -0.396 e. The Balaban J connectivity index is 0.000000423. The molecule has 1 fully saturated rings. The van der Waals surface area contributed by atoms with Crippen molar-refractivity contribution >= 4 is 5.91 Å². The maximum absolute atomic E-state index is 12.4.